The maximum Gasteiger partial charge on any atom is 0.251 e. The van der Waals surface area contributed by atoms with E-state index in [4.69, 9.17) is 9.47 Å². The summed E-state index contributed by atoms with van der Waals surface area (Å²) < 4.78 is 10.7. The van der Waals surface area contributed by atoms with Crippen molar-refractivity contribution in [3.63, 3.8) is 0 Å². The summed E-state index contributed by atoms with van der Waals surface area (Å²) in [5, 5.41) is 3.80. The first-order chi connectivity index (χ1) is 14.0. The van der Waals surface area contributed by atoms with Gasteiger partial charge >= 0.3 is 0 Å². The van der Waals surface area contributed by atoms with E-state index in [9.17, 15) is 9.59 Å². The Morgan fingerprint density at radius 3 is 2.45 bits per heavy atom. The Kier molecular flexibility index (Phi) is 6.54. The molecule has 29 heavy (non-hydrogen) atoms. The number of aromatic nitrogens is 1. The zero-order valence-electron chi connectivity index (χ0n) is 17.0. The van der Waals surface area contributed by atoms with Crippen LogP contribution < -0.4 is 20.3 Å². The van der Waals surface area contributed by atoms with Crippen LogP contribution in [-0.4, -0.2) is 31.2 Å². The van der Waals surface area contributed by atoms with E-state index in [-0.39, 0.29) is 17.9 Å². The number of carbonyl (C=O) groups excluding carboxylic acids is 1. The maximum absolute atomic E-state index is 12.3. The van der Waals surface area contributed by atoms with Crippen LogP contribution in [0.25, 0.3) is 10.9 Å². The maximum atomic E-state index is 12.3. The monoisotopic (exact) mass is 394 g/mol. The highest BCUT2D eigenvalue weighted by atomic mass is 16.5. The van der Waals surface area contributed by atoms with Crippen molar-refractivity contribution in [3.05, 3.63) is 69.5 Å². The van der Waals surface area contributed by atoms with Crippen molar-refractivity contribution in [2.75, 3.05) is 20.3 Å². The van der Waals surface area contributed by atoms with Crippen LogP contribution in [0.1, 0.15) is 23.1 Å². The number of pyridine rings is 1. The van der Waals surface area contributed by atoms with E-state index in [1.807, 2.05) is 50.2 Å². The third kappa shape index (κ3) is 5.38. The SMILES string of the molecule is COc1ccc(OCCNC(=O)CCc2cc3cc(C)c(C)cc3[nH]c2=O)cc1. The molecule has 0 aliphatic carbocycles. The Morgan fingerprint density at radius 1 is 1.03 bits per heavy atom. The predicted octanol–water partition coefficient (Wildman–Crippen LogP) is 3.28. The van der Waals surface area contributed by atoms with Crippen LogP contribution >= 0.6 is 0 Å². The molecule has 0 atom stereocenters. The van der Waals surface area contributed by atoms with Crippen molar-refractivity contribution >= 4 is 16.8 Å². The Bertz CT molecular complexity index is 1050. The molecular formula is C23H26N2O4. The molecule has 1 amide bonds. The molecule has 0 fully saturated rings. The molecular weight excluding hydrogens is 368 g/mol. The van der Waals surface area contributed by atoms with Crippen molar-refractivity contribution in [2.45, 2.75) is 26.7 Å². The summed E-state index contributed by atoms with van der Waals surface area (Å²) in [7, 11) is 1.61. The predicted molar refractivity (Wildman–Crippen MR) is 114 cm³/mol. The molecule has 0 aliphatic rings. The zero-order valence-corrected chi connectivity index (χ0v) is 17.0. The molecule has 152 valence electrons. The Morgan fingerprint density at radius 2 is 1.72 bits per heavy atom. The largest absolute Gasteiger partial charge is 0.497 e. The van der Waals surface area contributed by atoms with E-state index in [0.29, 0.717) is 30.9 Å². The Labute approximate surface area is 169 Å². The second kappa shape index (κ2) is 9.28. The molecule has 0 saturated carbocycles. The van der Waals surface area contributed by atoms with Crippen molar-refractivity contribution in [1.29, 1.82) is 0 Å². The van der Waals surface area contributed by atoms with Gasteiger partial charge in [-0.2, -0.15) is 0 Å². The summed E-state index contributed by atoms with van der Waals surface area (Å²) in [6.07, 6.45) is 0.644. The second-order valence-corrected chi connectivity index (χ2v) is 7.02. The lowest BCUT2D eigenvalue weighted by molar-refractivity contribution is -0.121. The topological polar surface area (TPSA) is 80.4 Å². The van der Waals surface area contributed by atoms with Crippen LogP contribution in [0, 0.1) is 13.8 Å². The Balaban J connectivity index is 1.48. The fourth-order valence-electron chi connectivity index (χ4n) is 3.08. The molecule has 3 aromatic rings. The summed E-state index contributed by atoms with van der Waals surface area (Å²) >= 11 is 0. The van der Waals surface area contributed by atoms with Crippen LogP contribution in [0.3, 0.4) is 0 Å². The van der Waals surface area contributed by atoms with E-state index in [2.05, 4.69) is 16.4 Å². The number of carbonyl (C=O) groups is 1. The van der Waals surface area contributed by atoms with Crippen LogP contribution in [0.15, 0.2) is 47.3 Å². The van der Waals surface area contributed by atoms with E-state index < -0.39 is 0 Å². The summed E-state index contributed by atoms with van der Waals surface area (Å²) in [4.78, 5) is 27.3. The van der Waals surface area contributed by atoms with Crippen molar-refractivity contribution in [3.8, 4) is 11.5 Å². The van der Waals surface area contributed by atoms with Crippen LogP contribution in [-0.2, 0) is 11.2 Å². The molecule has 2 aromatic carbocycles. The van der Waals surface area contributed by atoms with Gasteiger partial charge in [0.05, 0.1) is 13.7 Å². The zero-order chi connectivity index (χ0) is 20.8. The van der Waals surface area contributed by atoms with Gasteiger partial charge in [0, 0.05) is 17.5 Å². The molecule has 0 spiro atoms. The summed E-state index contributed by atoms with van der Waals surface area (Å²) in [6, 6.07) is 13.2. The standard InChI is InChI=1S/C23H26N2O4/c1-15-12-18-14-17(23(27)25-21(18)13-16(15)2)4-9-22(26)24-10-11-29-20-7-5-19(28-3)6-8-20/h5-8,12-14H,4,9-11H2,1-3H3,(H,24,26)(H,25,27). The smallest absolute Gasteiger partial charge is 0.251 e. The summed E-state index contributed by atoms with van der Waals surface area (Å²) in [6.45, 7) is 4.83. The van der Waals surface area contributed by atoms with Gasteiger partial charge < -0.3 is 19.8 Å². The molecule has 0 aliphatic heterocycles. The number of aromatic amines is 1. The fourth-order valence-corrected chi connectivity index (χ4v) is 3.08. The number of nitrogens with one attached hydrogen (secondary N) is 2. The molecule has 6 heteroatoms. The number of aryl methyl sites for hydroxylation is 3. The Hall–Kier alpha value is -3.28. The number of hydrogen-bond donors (Lipinski definition) is 2. The molecule has 0 bridgehead atoms. The first kappa shape index (κ1) is 20.5. The number of amides is 1. The number of H-pyrrole nitrogens is 1. The van der Waals surface area contributed by atoms with Crippen molar-refractivity contribution < 1.29 is 14.3 Å². The molecule has 2 N–H and O–H groups in total. The second-order valence-electron chi connectivity index (χ2n) is 7.02. The molecule has 0 unspecified atom stereocenters. The van der Waals surface area contributed by atoms with Gasteiger partial charge in [0.1, 0.15) is 18.1 Å². The van der Waals surface area contributed by atoms with Crippen LogP contribution in [0.4, 0.5) is 0 Å². The van der Waals surface area contributed by atoms with Gasteiger partial charge in [0.2, 0.25) is 5.91 Å². The third-order valence-electron chi connectivity index (χ3n) is 4.91. The highest BCUT2D eigenvalue weighted by Crippen LogP contribution is 2.18. The van der Waals surface area contributed by atoms with Gasteiger partial charge in [-0.15, -0.1) is 0 Å². The van der Waals surface area contributed by atoms with Gasteiger partial charge in [-0.3, -0.25) is 9.59 Å². The lowest BCUT2D eigenvalue weighted by atomic mass is 10.0. The van der Waals surface area contributed by atoms with Gasteiger partial charge in [-0.1, -0.05) is 0 Å². The van der Waals surface area contributed by atoms with Gasteiger partial charge in [-0.25, -0.2) is 0 Å². The van der Waals surface area contributed by atoms with Crippen molar-refractivity contribution in [1.82, 2.24) is 10.3 Å². The lowest BCUT2D eigenvalue weighted by Crippen LogP contribution is -2.28. The first-order valence-electron chi connectivity index (χ1n) is 9.63. The number of rotatable bonds is 8. The number of ether oxygens (including phenoxy) is 2. The normalized spacial score (nSPS) is 10.7. The number of methoxy groups -OCH3 is 1. The molecule has 1 aromatic heterocycles. The molecule has 1 heterocycles. The van der Waals surface area contributed by atoms with E-state index >= 15 is 0 Å². The quantitative estimate of drug-likeness (QED) is 0.575. The van der Waals surface area contributed by atoms with Gasteiger partial charge in [-0.05, 0) is 79.2 Å². The first-order valence-corrected chi connectivity index (χ1v) is 9.63. The lowest BCUT2D eigenvalue weighted by Gasteiger charge is -2.09. The molecule has 6 nitrogen and oxygen atoms in total. The third-order valence-corrected chi connectivity index (χ3v) is 4.91. The van der Waals surface area contributed by atoms with E-state index in [0.717, 1.165) is 22.2 Å². The van der Waals surface area contributed by atoms with E-state index in [1.54, 1.807) is 7.11 Å². The minimum absolute atomic E-state index is 0.108. The van der Waals surface area contributed by atoms with Gasteiger partial charge in [0.25, 0.3) is 5.56 Å². The molecule has 0 saturated heterocycles. The molecule has 0 radical (unpaired) electrons. The number of fused-ring (bicyclic) bond motifs is 1. The van der Waals surface area contributed by atoms with Crippen LogP contribution in [0.5, 0.6) is 11.5 Å². The van der Waals surface area contributed by atoms with Crippen molar-refractivity contribution in [2.24, 2.45) is 0 Å². The average Bonchev–Trinajstić information content (AvgIpc) is 2.71. The minimum atomic E-state index is -0.142. The minimum Gasteiger partial charge on any atom is -0.497 e. The highest BCUT2D eigenvalue weighted by molar-refractivity contribution is 5.81. The molecule has 3 rings (SSSR count). The van der Waals surface area contributed by atoms with Gasteiger partial charge in [0.15, 0.2) is 0 Å². The fraction of sp³-hybridized carbons (Fsp3) is 0.304. The number of benzene rings is 2. The van der Waals surface area contributed by atoms with Crippen LogP contribution in [0.2, 0.25) is 0 Å². The average molecular weight is 394 g/mol. The summed E-state index contributed by atoms with van der Waals surface area (Å²) in [5.41, 5.74) is 3.60. The number of hydrogen-bond acceptors (Lipinski definition) is 4. The highest BCUT2D eigenvalue weighted by Gasteiger charge is 2.08. The summed E-state index contributed by atoms with van der Waals surface area (Å²) in [5.74, 6) is 1.37. The van der Waals surface area contributed by atoms with E-state index in [1.165, 1.54) is 5.56 Å².